The van der Waals surface area contributed by atoms with Crippen LogP contribution in [0.5, 0.6) is 0 Å². The van der Waals surface area contributed by atoms with Crippen LogP contribution in [0.3, 0.4) is 0 Å². The monoisotopic (exact) mass is 279 g/mol. The summed E-state index contributed by atoms with van der Waals surface area (Å²) >= 11 is 7.71. The zero-order valence-corrected chi connectivity index (χ0v) is 12.5. The fourth-order valence-electron chi connectivity index (χ4n) is 2.32. The molecule has 1 aromatic heterocycles. The van der Waals surface area contributed by atoms with Gasteiger partial charge in [0, 0.05) is 4.88 Å². The topological polar surface area (TPSA) is 12.0 Å². The van der Waals surface area contributed by atoms with Gasteiger partial charge in [-0.1, -0.05) is 36.7 Å². The van der Waals surface area contributed by atoms with Crippen molar-refractivity contribution in [2.75, 3.05) is 6.54 Å². The fourth-order valence-corrected chi connectivity index (χ4v) is 3.46. The van der Waals surface area contributed by atoms with Gasteiger partial charge in [0.1, 0.15) is 0 Å². The summed E-state index contributed by atoms with van der Waals surface area (Å²) in [5.74, 6) is 0. The molecule has 0 bridgehead atoms. The van der Waals surface area contributed by atoms with Crippen LogP contribution < -0.4 is 5.32 Å². The Balaban J connectivity index is 2.47. The van der Waals surface area contributed by atoms with Gasteiger partial charge in [-0.3, -0.25) is 0 Å². The maximum absolute atomic E-state index is 6.06. The van der Waals surface area contributed by atoms with Gasteiger partial charge in [0.25, 0.3) is 0 Å². The van der Waals surface area contributed by atoms with Gasteiger partial charge in [0.2, 0.25) is 0 Å². The third-order valence-electron chi connectivity index (χ3n) is 3.12. The van der Waals surface area contributed by atoms with Crippen LogP contribution >= 0.6 is 22.9 Å². The predicted octanol–water partition coefficient (Wildman–Crippen LogP) is 4.72. The van der Waals surface area contributed by atoms with E-state index in [0.717, 1.165) is 10.9 Å². The molecule has 0 aliphatic carbocycles. The molecule has 3 heteroatoms. The molecule has 0 fully saturated rings. The lowest BCUT2D eigenvalue weighted by molar-refractivity contribution is 0.633. The average Bonchev–Trinajstić information content (AvgIpc) is 2.74. The van der Waals surface area contributed by atoms with E-state index in [-0.39, 0.29) is 6.04 Å². The number of aryl methyl sites for hydroxylation is 2. The van der Waals surface area contributed by atoms with Gasteiger partial charge in [-0.05, 0) is 49.2 Å². The van der Waals surface area contributed by atoms with Crippen molar-refractivity contribution in [3.63, 3.8) is 0 Å². The number of benzene rings is 1. The number of hydrogen-bond acceptors (Lipinski definition) is 2. The van der Waals surface area contributed by atoms with Gasteiger partial charge >= 0.3 is 0 Å². The van der Waals surface area contributed by atoms with Gasteiger partial charge in [-0.25, -0.2) is 0 Å². The van der Waals surface area contributed by atoms with Gasteiger partial charge in [0.05, 0.1) is 10.4 Å². The first kappa shape index (κ1) is 13.6. The van der Waals surface area contributed by atoms with E-state index in [2.05, 4.69) is 50.4 Å². The molecule has 1 atom stereocenters. The smallest absolute Gasteiger partial charge is 0.0931 e. The Hall–Kier alpha value is -0.830. The van der Waals surface area contributed by atoms with Gasteiger partial charge in [-0.15, -0.1) is 11.3 Å². The first-order valence-corrected chi connectivity index (χ1v) is 7.37. The highest BCUT2D eigenvalue weighted by atomic mass is 35.5. The molecule has 0 amide bonds. The van der Waals surface area contributed by atoms with Crippen LogP contribution in [0.25, 0.3) is 0 Å². The Morgan fingerprint density at radius 3 is 2.33 bits per heavy atom. The normalized spacial score (nSPS) is 12.7. The Kier molecular flexibility index (Phi) is 4.44. The molecule has 0 aliphatic rings. The molecular weight excluding hydrogens is 262 g/mol. The van der Waals surface area contributed by atoms with Gasteiger partial charge in [-0.2, -0.15) is 0 Å². The maximum Gasteiger partial charge on any atom is 0.0931 e. The fraction of sp³-hybridized carbons (Fsp3) is 0.333. The van der Waals surface area contributed by atoms with E-state index < -0.39 is 0 Å². The Morgan fingerprint density at radius 1 is 1.17 bits per heavy atom. The molecule has 1 aromatic carbocycles. The second-order valence-corrected chi connectivity index (χ2v) is 6.18. The van der Waals surface area contributed by atoms with E-state index in [4.69, 9.17) is 11.6 Å². The minimum absolute atomic E-state index is 0.244. The molecule has 18 heavy (non-hydrogen) atoms. The van der Waals surface area contributed by atoms with Crippen molar-refractivity contribution in [1.29, 1.82) is 0 Å². The van der Waals surface area contributed by atoms with Crippen molar-refractivity contribution in [2.45, 2.75) is 26.8 Å². The van der Waals surface area contributed by atoms with Crippen molar-refractivity contribution in [3.8, 4) is 0 Å². The lowest BCUT2D eigenvalue weighted by atomic mass is 9.95. The summed E-state index contributed by atoms with van der Waals surface area (Å²) in [6.07, 6.45) is 0. The van der Waals surface area contributed by atoms with Crippen LogP contribution in [0.4, 0.5) is 0 Å². The highest BCUT2D eigenvalue weighted by molar-refractivity contribution is 7.16. The van der Waals surface area contributed by atoms with Crippen molar-refractivity contribution >= 4 is 22.9 Å². The minimum atomic E-state index is 0.244. The van der Waals surface area contributed by atoms with E-state index in [1.54, 1.807) is 11.3 Å². The van der Waals surface area contributed by atoms with Crippen LogP contribution in [0.1, 0.15) is 34.5 Å². The van der Waals surface area contributed by atoms with E-state index in [1.165, 1.54) is 21.6 Å². The van der Waals surface area contributed by atoms with Crippen molar-refractivity contribution in [1.82, 2.24) is 5.32 Å². The molecule has 96 valence electrons. The number of halogens is 1. The molecule has 0 aliphatic heterocycles. The van der Waals surface area contributed by atoms with Crippen LogP contribution in [0.15, 0.2) is 30.3 Å². The molecule has 0 spiro atoms. The number of rotatable bonds is 4. The summed E-state index contributed by atoms with van der Waals surface area (Å²) in [6, 6.07) is 10.8. The molecule has 0 saturated heterocycles. The summed E-state index contributed by atoms with van der Waals surface area (Å²) in [5, 5.41) is 3.56. The second-order valence-electron chi connectivity index (χ2n) is 4.44. The molecular formula is C15H18ClNS. The second kappa shape index (κ2) is 5.87. The van der Waals surface area contributed by atoms with E-state index in [0.29, 0.717) is 0 Å². The SMILES string of the molecule is CCNC(c1ccc(Cl)s1)c1c(C)cccc1C. The highest BCUT2D eigenvalue weighted by Gasteiger charge is 2.18. The van der Waals surface area contributed by atoms with Gasteiger partial charge < -0.3 is 5.32 Å². The molecule has 1 nitrogen and oxygen atoms in total. The number of hydrogen-bond donors (Lipinski definition) is 1. The van der Waals surface area contributed by atoms with Crippen LogP contribution in [-0.4, -0.2) is 6.54 Å². The molecule has 0 radical (unpaired) electrons. The number of nitrogens with one attached hydrogen (secondary N) is 1. The Labute approximate surface area is 118 Å². The lowest BCUT2D eigenvalue weighted by Gasteiger charge is -2.21. The third kappa shape index (κ3) is 2.77. The molecule has 1 N–H and O–H groups in total. The molecule has 0 saturated carbocycles. The Morgan fingerprint density at radius 2 is 1.83 bits per heavy atom. The van der Waals surface area contributed by atoms with Crippen molar-refractivity contribution in [3.05, 3.63) is 56.2 Å². The zero-order chi connectivity index (χ0) is 13.1. The van der Waals surface area contributed by atoms with Crippen LogP contribution in [-0.2, 0) is 0 Å². The summed E-state index contributed by atoms with van der Waals surface area (Å²) < 4.78 is 0.846. The standard InChI is InChI=1S/C15H18ClNS/c1-4-17-15(12-8-9-13(16)18-12)14-10(2)6-5-7-11(14)3/h5-9,15,17H,4H2,1-3H3. The van der Waals surface area contributed by atoms with E-state index in [1.807, 2.05) is 6.07 Å². The average molecular weight is 280 g/mol. The lowest BCUT2D eigenvalue weighted by Crippen LogP contribution is -2.22. The summed E-state index contributed by atoms with van der Waals surface area (Å²) in [6.45, 7) is 7.41. The zero-order valence-electron chi connectivity index (χ0n) is 11.0. The van der Waals surface area contributed by atoms with Crippen molar-refractivity contribution in [2.24, 2.45) is 0 Å². The van der Waals surface area contributed by atoms with Crippen molar-refractivity contribution < 1.29 is 0 Å². The number of thiophene rings is 1. The Bertz CT molecular complexity index is 513. The highest BCUT2D eigenvalue weighted by Crippen LogP contribution is 2.33. The summed E-state index contributed by atoms with van der Waals surface area (Å²) in [4.78, 5) is 1.28. The summed E-state index contributed by atoms with van der Waals surface area (Å²) in [5.41, 5.74) is 4.02. The summed E-state index contributed by atoms with van der Waals surface area (Å²) in [7, 11) is 0. The quantitative estimate of drug-likeness (QED) is 0.854. The molecule has 1 heterocycles. The first-order valence-electron chi connectivity index (χ1n) is 6.18. The first-order chi connectivity index (χ1) is 8.63. The maximum atomic E-state index is 6.06. The largest absolute Gasteiger partial charge is 0.306 e. The minimum Gasteiger partial charge on any atom is -0.306 e. The third-order valence-corrected chi connectivity index (χ3v) is 4.41. The van der Waals surface area contributed by atoms with Crippen LogP contribution in [0.2, 0.25) is 4.34 Å². The van der Waals surface area contributed by atoms with Gasteiger partial charge in [0.15, 0.2) is 0 Å². The molecule has 1 unspecified atom stereocenters. The van der Waals surface area contributed by atoms with E-state index in [9.17, 15) is 0 Å². The molecule has 2 rings (SSSR count). The van der Waals surface area contributed by atoms with Crippen LogP contribution in [0, 0.1) is 13.8 Å². The van der Waals surface area contributed by atoms with E-state index >= 15 is 0 Å². The molecule has 2 aromatic rings. The predicted molar refractivity (Wildman–Crippen MR) is 80.8 cm³/mol.